The molecule has 0 saturated carbocycles. The van der Waals surface area contributed by atoms with Gasteiger partial charge >= 0.3 is 0 Å². The Morgan fingerprint density at radius 2 is 1.55 bits per heavy atom. The standard InChI is InChI=1S/C9H18BrCl/c1-8(2,6-10)5-9(3,4)7-11/h5-7H2,1-4H3. The summed E-state index contributed by atoms with van der Waals surface area (Å²) in [7, 11) is 0. The Kier molecular flexibility index (Phi) is 4.42. The molecule has 0 unspecified atom stereocenters. The van der Waals surface area contributed by atoms with Crippen molar-refractivity contribution in [2.24, 2.45) is 10.8 Å². The topological polar surface area (TPSA) is 0 Å². The lowest BCUT2D eigenvalue weighted by molar-refractivity contribution is 0.243. The quantitative estimate of drug-likeness (QED) is 0.651. The normalized spacial score (nSPS) is 13.6. The predicted octanol–water partition coefficient (Wildman–Crippen LogP) is 4.06. The van der Waals surface area contributed by atoms with Gasteiger partial charge in [-0.15, -0.1) is 11.6 Å². The van der Waals surface area contributed by atoms with Gasteiger partial charge < -0.3 is 0 Å². The molecule has 0 saturated heterocycles. The molecular weight excluding hydrogens is 223 g/mol. The molecule has 0 atom stereocenters. The van der Waals surface area contributed by atoms with Crippen LogP contribution in [-0.4, -0.2) is 11.2 Å². The van der Waals surface area contributed by atoms with Crippen LogP contribution >= 0.6 is 27.5 Å². The highest BCUT2D eigenvalue weighted by atomic mass is 79.9. The van der Waals surface area contributed by atoms with E-state index in [1.54, 1.807) is 0 Å². The number of hydrogen-bond donors (Lipinski definition) is 0. The third-order valence-corrected chi connectivity index (χ3v) is 3.92. The minimum atomic E-state index is 0.263. The number of halogens is 2. The smallest absolute Gasteiger partial charge is 0.0274 e. The van der Waals surface area contributed by atoms with Crippen LogP contribution in [0.3, 0.4) is 0 Å². The fraction of sp³-hybridized carbons (Fsp3) is 1.00. The Morgan fingerprint density at radius 1 is 1.09 bits per heavy atom. The van der Waals surface area contributed by atoms with Crippen molar-refractivity contribution >= 4 is 27.5 Å². The summed E-state index contributed by atoms with van der Waals surface area (Å²) in [5.41, 5.74) is 0.622. The lowest BCUT2D eigenvalue weighted by Gasteiger charge is -2.32. The summed E-state index contributed by atoms with van der Waals surface area (Å²) >= 11 is 9.35. The molecule has 0 spiro atoms. The van der Waals surface area contributed by atoms with Gasteiger partial charge in [0.1, 0.15) is 0 Å². The van der Waals surface area contributed by atoms with Crippen molar-refractivity contribution in [2.75, 3.05) is 11.2 Å². The van der Waals surface area contributed by atoms with Gasteiger partial charge in [0.2, 0.25) is 0 Å². The summed E-state index contributed by atoms with van der Waals surface area (Å²) in [6.45, 7) is 8.95. The molecular formula is C9H18BrCl. The van der Waals surface area contributed by atoms with Crippen molar-refractivity contribution in [2.45, 2.75) is 34.1 Å². The molecule has 0 amide bonds. The van der Waals surface area contributed by atoms with Crippen molar-refractivity contribution in [1.29, 1.82) is 0 Å². The van der Waals surface area contributed by atoms with Crippen LogP contribution in [0, 0.1) is 10.8 Å². The Hall–Kier alpha value is 0.770. The van der Waals surface area contributed by atoms with Crippen LogP contribution in [-0.2, 0) is 0 Å². The molecule has 0 heterocycles. The first-order valence-corrected chi connectivity index (χ1v) is 5.60. The second-order valence-electron chi connectivity index (χ2n) is 4.77. The van der Waals surface area contributed by atoms with Gasteiger partial charge in [-0.1, -0.05) is 43.6 Å². The van der Waals surface area contributed by atoms with E-state index in [4.69, 9.17) is 11.6 Å². The number of hydrogen-bond acceptors (Lipinski definition) is 0. The fourth-order valence-corrected chi connectivity index (χ4v) is 1.68. The second-order valence-corrected chi connectivity index (χ2v) is 5.60. The maximum absolute atomic E-state index is 5.84. The van der Waals surface area contributed by atoms with Crippen LogP contribution in [0.25, 0.3) is 0 Å². The van der Waals surface area contributed by atoms with Gasteiger partial charge in [-0.3, -0.25) is 0 Å². The number of rotatable bonds is 4. The molecule has 0 radical (unpaired) electrons. The molecule has 0 aromatic heterocycles. The van der Waals surface area contributed by atoms with E-state index in [9.17, 15) is 0 Å². The van der Waals surface area contributed by atoms with E-state index in [1.165, 1.54) is 0 Å². The van der Waals surface area contributed by atoms with Crippen LogP contribution in [0.4, 0.5) is 0 Å². The van der Waals surface area contributed by atoms with Crippen LogP contribution < -0.4 is 0 Å². The molecule has 0 nitrogen and oxygen atoms in total. The summed E-state index contributed by atoms with van der Waals surface area (Å²) in [6, 6.07) is 0. The van der Waals surface area contributed by atoms with Crippen LogP contribution in [0.1, 0.15) is 34.1 Å². The zero-order chi connectivity index (χ0) is 9.12. The van der Waals surface area contributed by atoms with Gasteiger partial charge in [-0.2, -0.15) is 0 Å². The maximum atomic E-state index is 5.84. The molecule has 11 heavy (non-hydrogen) atoms. The second kappa shape index (κ2) is 4.13. The summed E-state index contributed by atoms with van der Waals surface area (Å²) < 4.78 is 0. The van der Waals surface area contributed by atoms with Crippen molar-refractivity contribution < 1.29 is 0 Å². The van der Waals surface area contributed by atoms with Crippen molar-refractivity contribution in [3.05, 3.63) is 0 Å². The average Bonchev–Trinajstić information content (AvgIpc) is 1.86. The Balaban J connectivity index is 4.02. The highest BCUT2D eigenvalue weighted by Gasteiger charge is 2.26. The molecule has 2 heteroatoms. The molecule has 0 N–H and O–H groups in total. The van der Waals surface area contributed by atoms with Gasteiger partial charge in [0.25, 0.3) is 0 Å². The molecule has 0 aliphatic heterocycles. The molecule has 0 aliphatic rings. The summed E-state index contributed by atoms with van der Waals surface area (Å²) in [5.74, 6) is 0.740. The first kappa shape index (κ1) is 11.8. The molecule has 0 bridgehead atoms. The van der Waals surface area contributed by atoms with Crippen LogP contribution in [0.2, 0.25) is 0 Å². The Labute approximate surface area is 83.8 Å². The van der Waals surface area contributed by atoms with Crippen molar-refractivity contribution in [3.8, 4) is 0 Å². The van der Waals surface area contributed by atoms with E-state index in [2.05, 4.69) is 43.6 Å². The van der Waals surface area contributed by atoms with Gasteiger partial charge in [0.15, 0.2) is 0 Å². The zero-order valence-electron chi connectivity index (χ0n) is 7.88. The Morgan fingerprint density at radius 3 is 1.82 bits per heavy atom. The fourth-order valence-electron chi connectivity index (χ4n) is 1.39. The van der Waals surface area contributed by atoms with E-state index in [0.29, 0.717) is 5.41 Å². The predicted molar refractivity (Wildman–Crippen MR) is 56.7 cm³/mol. The summed E-state index contributed by atoms with van der Waals surface area (Å²) in [5, 5.41) is 1.04. The van der Waals surface area contributed by atoms with E-state index in [-0.39, 0.29) is 5.41 Å². The lowest BCUT2D eigenvalue weighted by Crippen LogP contribution is -2.25. The molecule has 0 aromatic rings. The van der Waals surface area contributed by atoms with Crippen LogP contribution in [0.15, 0.2) is 0 Å². The molecule has 68 valence electrons. The third-order valence-electron chi connectivity index (χ3n) is 1.68. The highest BCUT2D eigenvalue weighted by molar-refractivity contribution is 9.09. The third kappa shape index (κ3) is 5.08. The minimum Gasteiger partial charge on any atom is -0.126 e. The van der Waals surface area contributed by atoms with Gasteiger partial charge in [0, 0.05) is 11.2 Å². The van der Waals surface area contributed by atoms with Crippen molar-refractivity contribution in [1.82, 2.24) is 0 Å². The molecule has 0 rings (SSSR count). The molecule has 0 fully saturated rings. The first-order chi connectivity index (χ1) is 4.83. The summed E-state index contributed by atoms with van der Waals surface area (Å²) in [4.78, 5) is 0. The first-order valence-electron chi connectivity index (χ1n) is 3.95. The van der Waals surface area contributed by atoms with E-state index in [0.717, 1.165) is 17.6 Å². The van der Waals surface area contributed by atoms with Gasteiger partial charge in [-0.25, -0.2) is 0 Å². The average molecular weight is 242 g/mol. The summed E-state index contributed by atoms with van der Waals surface area (Å²) in [6.07, 6.45) is 1.16. The van der Waals surface area contributed by atoms with Gasteiger partial charge in [0.05, 0.1) is 0 Å². The Bertz CT molecular complexity index is 105. The van der Waals surface area contributed by atoms with Crippen LogP contribution in [0.5, 0.6) is 0 Å². The lowest BCUT2D eigenvalue weighted by atomic mass is 9.77. The SMILES string of the molecule is CC(C)(CCl)CC(C)(C)CBr. The number of alkyl halides is 2. The largest absolute Gasteiger partial charge is 0.126 e. The van der Waals surface area contributed by atoms with Crippen molar-refractivity contribution in [3.63, 3.8) is 0 Å². The maximum Gasteiger partial charge on any atom is 0.0274 e. The van der Waals surface area contributed by atoms with E-state index >= 15 is 0 Å². The molecule has 0 aromatic carbocycles. The molecule has 0 aliphatic carbocycles. The van der Waals surface area contributed by atoms with E-state index in [1.807, 2.05) is 0 Å². The minimum absolute atomic E-state index is 0.263. The zero-order valence-corrected chi connectivity index (χ0v) is 10.2. The van der Waals surface area contributed by atoms with Gasteiger partial charge in [-0.05, 0) is 17.3 Å². The highest BCUT2D eigenvalue weighted by Crippen LogP contribution is 2.35. The monoisotopic (exact) mass is 240 g/mol. The van der Waals surface area contributed by atoms with E-state index < -0.39 is 0 Å².